The predicted octanol–water partition coefficient (Wildman–Crippen LogP) is 3.76. The number of para-hydroxylation sites is 1. The summed E-state index contributed by atoms with van der Waals surface area (Å²) in [4.78, 5) is 14.9. The van der Waals surface area contributed by atoms with Crippen LogP contribution in [0.15, 0.2) is 54.6 Å². The van der Waals surface area contributed by atoms with Crippen LogP contribution >= 0.6 is 0 Å². The molecule has 1 atom stereocenters. The van der Waals surface area contributed by atoms with Gasteiger partial charge in [0.05, 0.1) is 0 Å². The van der Waals surface area contributed by atoms with Crippen LogP contribution in [-0.2, 0) is 17.9 Å². The SMILES string of the molecule is CC(Oc1ccccc1)C(=O)NCc1ccccc1CN1CCCCC1. The highest BCUT2D eigenvalue weighted by molar-refractivity contribution is 5.80. The van der Waals surface area contributed by atoms with Gasteiger partial charge in [-0.15, -0.1) is 0 Å². The summed E-state index contributed by atoms with van der Waals surface area (Å²) >= 11 is 0. The summed E-state index contributed by atoms with van der Waals surface area (Å²) < 4.78 is 5.70. The number of benzene rings is 2. The second kappa shape index (κ2) is 9.39. The van der Waals surface area contributed by atoms with Crippen molar-refractivity contribution in [1.29, 1.82) is 0 Å². The Morgan fingerprint density at radius 1 is 1.00 bits per heavy atom. The lowest BCUT2D eigenvalue weighted by Crippen LogP contribution is -2.36. The number of carbonyl (C=O) groups is 1. The number of ether oxygens (including phenoxy) is 1. The number of piperidine rings is 1. The molecule has 1 fully saturated rings. The van der Waals surface area contributed by atoms with Crippen LogP contribution in [0.4, 0.5) is 0 Å². The molecule has 2 aromatic carbocycles. The maximum Gasteiger partial charge on any atom is 0.261 e. The third-order valence-corrected chi connectivity index (χ3v) is 4.84. The van der Waals surface area contributed by atoms with E-state index in [2.05, 4.69) is 28.4 Å². The Morgan fingerprint density at radius 2 is 1.65 bits per heavy atom. The first-order valence-corrected chi connectivity index (χ1v) is 9.51. The van der Waals surface area contributed by atoms with E-state index in [-0.39, 0.29) is 5.91 Å². The van der Waals surface area contributed by atoms with Gasteiger partial charge in [-0.05, 0) is 56.1 Å². The number of nitrogens with zero attached hydrogens (tertiary/aromatic N) is 1. The van der Waals surface area contributed by atoms with Gasteiger partial charge in [0, 0.05) is 13.1 Å². The Morgan fingerprint density at radius 3 is 2.38 bits per heavy atom. The summed E-state index contributed by atoms with van der Waals surface area (Å²) in [6.45, 7) is 5.61. The van der Waals surface area contributed by atoms with Gasteiger partial charge in [0.15, 0.2) is 6.10 Å². The first kappa shape index (κ1) is 18.5. The second-order valence-corrected chi connectivity index (χ2v) is 6.90. The van der Waals surface area contributed by atoms with E-state index in [0.29, 0.717) is 12.3 Å². The fourth-order valence-corrected chi connectivity index (χ4v) is 3.33. The van der Waals surface area contributed by atoms with Gasteiger partial charge in [0.2, 0.25) is 0 Å². The zero-order valence-corrected chi connectivity index (χ0v) is 15.5. The molecule has 1 N–H and O–H groups in total. The molecule has 0 spiro atoms. The minimum Gasteiger partial charge on any atom is -0.481 e. The minimum atomic E-state index is -0.522. The van der Waals surface area contributed by atoms with Gasteiger partial charge in [-0.2, -0.15) is 0 Å². The third-order valence-electron chi connectivity index (χ3n) is 4.84. The molecule has 0 aromatic heterocycles. The first-order chi connectivity index (χ1) is 12.7. The fourth-order valence-electron chi connectivity index (χ4n) is 3.33. The maximum absolute atomic E-state index is 12.4. The molecule has 1 aliphatic rings. The molecule has 1 aliphatic heterocycles. The minimum absolute atomic E-state index is 0.0957. The van der Waals surface area contributed by atoms with Crippen molar-refractivity contribution in [3.8, 4) is 5.75 Å². The number of hydrogen-bond donors (Lipinski definition) is 1. The van der Waals surface area contributed by atoms with Crippen molar-refractivity contribution in [2.24, 2.45) is 0 Å². The van der Waals surface area contributed by atoms with E-state index in [9.17, 15) is 4.79 Å². The average molecular weight is 352 g/mol. The molecule has 1 amide bonds. The first-order valence-electron chi connectivity index (χ1n) is 9.51. The Hall–Kier alpha value is -2.33. The van der Waals surface area contributed by atoms with Crippen LogP contribution in [0, 0.1) is 0 Å². The summed E-state index contributed by atoms with van der Waals surface area (Å²) in [6, 6.07) is 17.8. The van der Waals surface area contributed by atoms with E-state index < -0.39 is 6.10 Å². The molecule has 0 bridgehead atoms. The van der Waals surface area contributed by atoms with Gasteiger partial charge in [-0.25, -0.2) is 0 Å². The van der Waals surface area contributed by atoms with Crippen LogP contribution in [0.3, 0.4) is 0 Å². The standard InChI is InChI=1S/C22H28N2O2/c1-18(26-21-12-4-2-5-13-21)22(25)23-16-19-10-6-7-11-20(19)17-24-14-8-3-9-15-24/h2,4-7,10-13,18H,3,8-9,14-17H2,1H3,(H,23,25). The lowest BCUT2D eigenvalue weighted by molar-refractivity contribution is -0.127. The van der Waals surface area contributed by atoms with Crippen LogP contribution in [0.5, 0.6) is 5.75 Å². The monoisotopic (exact) mass is 352 g/mol. The smallest absolute Gasteiger partial charge is 0.261 e. The van der Waals surface area contributed by atoms with Crippen molar-refractivity contribution in [2.45, 2.75) is 45.4 Å². The molecule has 2 aromatic rings. The maximum atomic E-state index is 12.4. The highest BCUT2D eigenvalue weighted by atomic mass is 16.5. The van der Waals surface area contributed by atoms with E-state index >= 15 is 0 Å². The van der Waals surface area contributed by atoms with Gasteiger partial charge in [0.1, 0.15) is 5.75 Å². The topological polar surface area (TPSA) is 41.6 Å². The third kappa shape index (κ3) is 5.33. The van der Waals surface area contributed by atoms with Crippen molar-refractivity contribution >= 4 is 5.91 Å². The van der Waals surface area contributed by atoms with Gasteiger partial charge >= 0.3 is 0 Å². The zero-order chi connectivity index (χ0) is 18.2. The van der Waals surface area contributed by atoms with Gasteiger partial charge in [-0.3, -0.25) is 9.69 Å². The van der Waals surface area contributed by atoms with E-state index in [0.717, 1.165) is 6.54 Å². The molecular weight excluding hydrogens is 324 g/mol. The van der Waals surface area contributed by atoms with Crippen LogP contribution in [0.25, 0.3) is 0 Å². The number of hydrogen-bond acceptors (Lipinski definition) is 3. The number of nitrogens with one attached hydrogen (secondary N) is 1. The fraction of sp³-hybridized carbons (Fsp3) is 0.409. The molecule has 4 heteroatoms. The summed E-state index contributed by atoms with van der Waals surface area (Å²) in [6.07, 6.45) is 3.39. The molecule has 0 saturated carbocycles. The summed E-state index contributed by atoms with van der Waals surface area (Å²) in [5, 5.41) is 3.01. The van der Waals surface area contributed by atoms with Crippen molar-refractivity contribution in [1.82, 2.24) is 10.2 Å². The molecule has 1 heterocycles. The Bertz CT molecular complexity index is 696. The van der Waals surface area contributed by atoms with Crippen molar-refractivity contribution in [3.05, 3.63) is 65.7 Å². The molecule has 1 saturated heterocycles. The lowest BCUT2D eigenvalue weighted by Gasteiger charge is -2.27. The normalized spacial score (nSPS) is 16.0. The van der Waals surface area contributed by atoms with E-state index in [1.54, 1.807) is 6.92 Å². The molecular formula is C22H28N2O2. The van der Waals surface area contributed by atoms with Crippen LogP contribution < -0.4 is 10.1 Å². The lowest BCUT2D eigenvalue weighted by atomic mass is 10.0. The molecule has 138 valence electrons. The Balaban J connectivity index is 1.54. The van der Waals surface area contributed by atoms with Gasteiger partial charge in [0.25, 0.3) is 5.91 Å². The molecule has 4 nitrogen and oxygen atoms in total. The summed E-state index contributed by atoms with van der Waals surface area (Å²) in [7, 11) is 0. The number of carbonyl (C=O) groups excluding carboxylic acids is 1. The molecule has 26 heavy (non-hydrogen) atoms. The van der Waals surface area contributed by atoms with Crippen molar-refractivity contribution in [3.63, 3.8) is 0 Å². The van der Waals surface area contributed by atoms with Crippen LogP contribution in [0.1, 0.15) is 37.3 Å². The van der Waals surface area contributed by atoms with Crippen LogP contribution in [0.2, 0.25) is 0 Å². The van der Waals surface area contributed by atoms with Crippen LogP contribution in [-0.4, -0.2) is 30.0 Å². The summed E-state index contributed by atoms with van der Waals surface area (Å²) in [5.41, 5.74) is 2.48. The van der Waals surface area contributed by atoms with Crippen molar-refractivity contribution < 1.29 is 9.53 Å². The largest absolute Gasteiger partial charge is 0.481 e. The van der Waals surface area contributed by atoms with Gasteiger partial charge in [-0.1, -0.05) is 48.9 Å². The predicted molar refractivity (Wildman–Crippen MR) is 104 cm³/mol. The molecule has 0 aliphatic carbocycles. The van der Waals surface area contributed by atoms with Gasteiger partial charge < -0.3 is 10.1 Å². The highest BCUT2D eigenvalue weighted by Gasteiger charge is 2.16. The summed E-state index contributed by atoms with van der Waals surface area (Å²) in [5.74, 6) is 0.613. The Kier molecular flexibility index (Phi) is 6.67. The second-order valence-electron chi connectivity index (χ2n) is 6.90. The highest BCUT2D eigenvalue weighted by Crippen LogP contribution is 2.16. The quantitative estimate of drug-likeness (QED) is 0.825. The van der Waals surface area contributed by atoms with E-state index in [1.807, 2.05) is 36.4 Å². The molecule has 1 unspecified atom stereocenters. The number of likely N-dealkylation sites (tertiary alicyclic amines) is 1. The molecule has 3 rings (SSSR count). The van der Waals surface area contributed by atoms with E-state index in [4.69, 9.17) is 4.74 Å². The number of rotatable bonds is 7. The zero-order valence-electron chi connectivity index (χ0n) is 15.5. The Labute approximate surface area is 156 Å². The number of amides is 1. The molecule has 0 radical (unpaired) electrons. The van der Waals surface area contributed by atoms with E-state index in [1.165, 1.54) is 43.5 Å². The average Bonchev–Trinajstić information content (AvgIpc) is 2.68. The van der Waals surface area contributed by atoms with Crippen molar-refractivity contribution in [2.75, 3.05) is 13.1 Å².